The van der Waals surface area contributed by atoms with E-state index >= 15 is 0 Å². The van der Waals surface area contributed by atoms with Crippen LogP contribution in [0, 0.1) is 11.7 Å². The van der Waals surface area contributed by atoms with E-state index in [-0.39, 0.29) is 23.7 Å². The standard InChI is InChI=1S/C18H23FN4OS/c1-12(2)20-17(24)14-4-3-9-23(11-14)18-21-16(22-25-18)10-13-5-7-15(19)8-6-13/h5-8,12,14H,3-4,9-11H2,1-2H3,(H,20,24). The van der Waals surface area contributed by atoms with Crippen molar-refractivity contribution in [3.63, 3.8) is 0 Å². The Morgan fingerprint density at radius 1 is 1.40 bits per heavy atom. The van der Waals surface area contributed by atoms with Gasteiger partial charge in [-0.2, -0.15) is 4.37 Å². The van der Waals surface area contributed by atoms with Gasteiger partial charge in [0.15, 0.2) is 0 Å². The molecule has 0 spiro atoms. The molecule has 1 N–H and O–H groups in total. The van der Waals surface area contributed by atoms with Gasteiger partial charge in [0.05, 0.1) is 5.92 Å². The maximum absolute atomic E-state index is 13.0. The third kappa shape index (κ3) is 4.75. The Labute approximate surface area is 151 Å². The molecule has 1 aromatic heterocycles. The van der Waals surface area contributed by atoms with Crippen molar-refractivity contribution in [2.75, 3.05) is 18.0 Å². The molecule has 0 saturated carbocycles. The smallest absolute Gasteiger partial charge is 0.225 e. The number of hydrogen-bond donors (Lipinski definition) is 1. The molecule has 1 fully saturated rings. The highest BCUT2D eigenvalue weighted by Gasteiger charge is 2.27. The highest BCUT2D eigenvalue weighted by atomic mass is 32.1. The highest BCUT2D eigenvalue weighted by molar-refractivity contribution is 7.09. The summed E-state index contributed by atoms with van der Waals surface area (Å²) in [6.45, 7) is 5.54. The Kier molecular flexibility index (Phi) is 5.63. The summed E-state index contributed by atoms with van der Waals surface area (Å²) in [5.74, 6) is 0.617. The van der Waals surface area contributed by atoms with Gasteiger partial charge < -0.3 is 10.2 Å². The second-order valence-corrected chi connectivity index (χ2v) is 7.48. The van der Waals surface area contributed by atoms with Crippen LogP contribution in [-0.4, -0.2) is 34.4 Å². The number of carbonyl (C=O) groups excluding carboxylic acids is 1. The summed E-state index contributed by atoms with van der Waals surface area (Å²) in [7, 11) is 0. The Hall–Kier alpha value is -2.02. The first kappa shape index (κ1) is 17.8. The molecule has 1 aromatic carbocycles. The molecule has 1 aliphatic rings. The molecule has 7 heteroatoms. The van der Waals surface area contributed by atoms with Crippen molar-refractivity contribution in [2.24, 2.45) is 5.92 Å². The van der Waals surface area contributed by atoms with E-state index in [0.717, 1.165) is 35.9 Å². The van der Waals surface area contributed by atoms with E-state index in [9.17, 15) is 9.18 Å². The molecule has 1 unspecified atom stereocenters. The van der Waals surface area contributed by atoms with Crippen molar-refractivity contribution in [2.45, 2.75) is 39.2 Å². The molecule has 0 aliphatic carbocycles. The van der Waals surface area contributed by atoms with E-state index < -0.39 is 0 Å². The first-order valence-electron chi connectivity index (χ1n) is 8.63. The third-order valence-electron chi connectivity index (χ3n) is 4.23. The van der Waals surface area contributed by atoms with Gasteiger partial charge in [-0.25, -0.2) is 9.37 Å². The van der Waals surface area contributed by atoms with Gasteiger partial charge in [0.25, 0.3) is 0 Å². The lowest BCUT2D eigenvalue weighted by Gasteiger charge is -2.31. The largest absolute Gasteiger partial charge is 0.354 e. The van der Waals surface area contributed by atoms with E-state index in [4.69, 9.17) is 0 Å². The number of nitrogens with one attached hydrogen (secondary N) is 1. The van der Waals surface area contributed by atoms with Crippen LogP contribution < -0.4 is 10.2 Å². The SMILES string of the molecule is CC(C)NC(=O)C1CCCN(c2nc(Cc3ccc(F)cc3)ns2)C1. The molecule has 5 nitrogen and oxygen atoms in total. The Morgan fingerprint density at radius 3 is 2.88 bits per heavy atom. The molecule has 1 saturated heterocycles. The van der Waals surface area contributed by atoms with Crippen molar-refractivity contribution in [3.8, 4) is 0 Å². The van der Waals surface area contributed by atoms with Gasteiger partial charge in [-0.3, -0.25) is 4.79 Å². The molecule has 1 amide bonds. The van der Waals surface area contributed by atoms with Crippen LogP contribution in [-0.2, 0) is 11.2 Å². The van der Waals surface area contributed by atoms with E-state index in [0.29, 0.717) is 13.0 Å². The summed E-state index contributed by atoms with van der Waals surface area (Å²) in [5, 5.41) is 3.86. The van der Waals surface area contributed by atoms with Gasteiger partial charge in [0, 0.05) is 37.1 Å². The first-order valence-corrected chi connectivity index (χ1v) is 9.41. The molecule has 0 bridgehead atoms. The fraction of sp³-hybridized carbons (Fsp3) is 0.500. The van der Waals surface area contributed by atoms with Crippen LogP contribution in [0.25, 0.3) is 0 Å². The first-order chi connectivity index (χ1) is 12.0. The molecule has 0 radical (unpaired) electrons. The number of halogens is 1. The number of hydrogen-bond acceptors (Lipinski definition) is 5. The quantitative estimate of drug-likeness (QED) is 0.888. The van der Waals surface area contributed by atoms with Crippen LogP contribution in [0.3, 0.4) is 0 Å². The summed E-state index contributed by atoms with van der Waals surface area (Å²) in [4.78, 5) is 19.0. The summed E-state index contributed by atoms with van der Waals surface area (Å²) in [5.41, 5.74) is 0.985. The van der Waals surface area contributed by atoms with Crippen molar-refractivity contribution in [1.82, 2.24) is 14.7 Å². The lowest BCUT2D eigenvalue weighted by molar-refractivity contribution is -0.125. The lowest BCUT2D eigenvalue weighted by Crippen LogP contribution is -2.44. The van der Waals surface area contributed by atoms with Gasteiger partial charge in [-0.05, 0) is 44.4 Å². The number of nitrogens with zero attached hydrogens (tertiary/aromatic N) is 3. The van der Waals surface area contributed by atoms with Gasteiger partial charge >= 0.3 is 0 Å². The predicted molar refractivity (Wildman–Crippen MR) is 97.3 cm³/mol. The fourth-order valence-corrected chi connectivity index (χ4v) is 3.72. The van der Waals surface area contributed by atoms with Gasteiger partial charge in [0.2, 0.25) is 11.0 Å². The van der Waals surface area contributed by atoms with E-state index in [1.807, 2.05) is 13.8 Å². The van der Waals surface area contributed by atoms with E-state index in [1.54, 1.807) is 12.1 Å². The minimum absolute atomic E-state index is 0.000554. The maximum Gasteiger partial charge on any atom is 0.225 e. The summed E-state index contributed by atoms with van der Waals surface area (Å²) in [6, 6.07) is 6.56. The Balaban J connectivity index is 1.63. The van der Waals surface area contributed by atoms with Crippen LogP contribution in [0.5, 0.6) is 0 Å². The lowest BCUT2D eigenvalue weighted by atomic mass is 9.97. The zero-order valence-corrected chi connectivity index (χ0v) is 15.4. The molecular formula is C18H23FN4OS. The number of anilines is 1. The molecule has 3 rings (SSSR count). The van der Waals surface area contributed by atoms with Gasteiger partial charge in [0.1, 0.15) is 11.6 Å². The average Bonchev–Trinajstić information content (AvgIpc) is 3.05. The van der Waals surface area contributed by atoms with Crippen molar-refractivity contribution in [1.29, 1.82) is 0 Å². The van der Waals surface area contributed by atoms with Gasteiger partial charge in [-0.1, -0.05) is 12.1 Å². The highest BCUT2D eigenvalue weighted by Crippen LogP contribution is 2.25. The number of piperidine rings is 1. The van der Waals surface area contributed by atoms with Crippen molar-refractivity contribution < 1.29 is 9.18 Å². The molecule has 1 atom stereocenters. The maximum atomic E-state index is 13.0. The monoisotopic (exact) mass is 362 g/mol. The summed E-state index contributed by atoms with van der Waals surface area (Å²) < 4.78 is 17.4. The zero-order chi connectivity index (χ0) is 17.8. The molecule has 2 heterocycles. The van der Waals surface area contributed by atoms with Crippen LogP contribution in [0.4, 0.5) is 9.52 Å². The molecular weight excluding hydrogens is 339 g/mol. The molecule has 25 heavy (non-hydrogen) atoms. The number of amides is 1. The third-order valence-corrected chi connectivity index (χ3v) is 5.04. The van der Waals surface area contributed by atoms with Gasteiger partial charge in [-0.15, -0.1) is 0 Å². The van der Waals surface area contributed by atoms with Crippen LogP contribution in [0.15, 0.2) is 24.3 Å². The van der Waals surface area contributed by atoms with Crippen molar-refractivity contribution in [3.05, 3.63) is 41.5 Å². The summed E-state index contributed by atoms with van der Waals surface area (Å²) >= 11 is 1.37. The number of carbonyl (C=O) groups is 1. The molecule has 2 aromatic rings. The van der Waals surface area contributed by atoms with E-state index in [2.05, 4.69) is 19.6 Å². The van der Waals surface area contributed by atoms with Crippen LogP contribution >= 0.6 is 11.5 Å². The topological polar surface area (TPSA) is 58.1 Å². The Bertz CT molecular complexity index is 716. The minimum Gasteiger partial charge on any atom is -0.354 e. The van der Waals surface area contributed by atoms with Crippen LogP contribution in [0.1, 0.15) is 38.1 Å². The minimum atomic E-state index is -0.241. The number of rotatable bonds is 5. The second-order valence-electron chi connectivity index (χ2n) is 6.74. The van der Waals surface area contributed by atoms with Crippen LogP contribution in [0.2, 0.25) is 0 Å². The summed E-state index contributed by atoms with van der Waals surface area (Å²) in [6.07, 6.45) is 2.47. The average molecular weight is 362 g/mol. The number of benzene rings is 1. The second kappa shape index (κ2) is 7.91. The Morgan fingerprint density at radius 2 is 2.16 bits per heavy atom. The zero-order valence-electron chi connectivity index (χ0n) is 14.5. The van der Waals surface area contributed by atoms with Crippen molar-refractivity contribution >= 4 is 22.6 Å². The number of aromatic nitrogens is 2. The van der Waals surface area contributed by atoms with E-state index in [1.165, 1.54) is 23.7 Å². The normalized spacial score (nSPS) is 17.8. The fourth-order valence-electron chi connectivity index (χ4n) is 3.00. The molecule has 1 aliphatic heterocycles. The molecule has 134 valence electrons. The predicted octanol–water partition coefficient (Wildman–Crippen LogP) is 3.01.